The molecule has 9 aliphatic rings. The zero-order valence-corrected chi connectivity index (χ0v) is 45.7. The summed E-state index contributed by atoms with van der Waals surface area (Å²) >= 11 is 0. The van der Waals surface area contributed by atoms with Gasteiger partial charge in [-0.15, -0.1) is 0 Å². The van der Waals surface area contributed by atoms with E-state index in [1.54, 1.807) is 6.92 Å². The van der Waals surface area contributed by atoms with Crippen LogP contribution >= 0.6 is 0 Å². The van der Waals surface area contributed by atoms with Crippen molar-refractivity contribution in [1.82, 2.24) is 0 Å². The summed E-state index contributed by atoms with van der Waals surface area (Å²) in [6, 6.07) is 0. The molecule has 79 heavy (non-hydrogen) atoms. The van der Waals surface area contributed by atoms with Crippen molar-refractivity contribution in [2.45, 2.75) is 234 Å². The number of ether oxygens (including phenoxy) is 8. The average Bonchev–Trinajstić information content (AvgIpc) is 3.57. The van der Waals surface area contributed by atoms with Crippen LogP contribution in [0.25, 0.3) is 0 Å². The van der Waals surface area contributed by atoms with Gasteiger partial charge in [0.15, 0.2) is 18.9 Å². The minimum Gasteiger partial charge on any atom is -0.432 e. The van der Waals surface area contributed by atoms with Crippen LogP contribution in [-0.2, 0) is 42.7 Å². The summed E-state index contributed by atoms with van der Waals surface area (Å²) in [5.74, 6) is -1.29. The second-order valence-corrected chi connectivity index (χ2v) is 26.3. The van der Waals surface area contributed by atoms with Gasteiger partial charge in [-0.3, -0.25) is 4.79 Å². The molecule has 0 bridgehead atoms. The van der Waals surface area contributed by atoms with Gasteiger partial charge in [0, 0.05) is 5.41 Å². The lowest BCUT2D eigenvalue weighted by atomic mass is 9.33. The standard InChI is InChI=1S/C54H88O25/c1-49(2)11-13-54(48(71)79-46-39(69)36(66)33(63)27(19-57)74-46)14-12-52(5)22(23(54)15-49)7-8-30-50(3)16-24(60)43(51(4,21-59)29(50)9-10-53(30,52)6)78-47-40(70)42(77-45-38(68)35(65)32(62)26(18-56)73-45)41(28(20-58)75-47)76-44-37(67)34(64)31(61)25(17-55)72-44/h7,23-47,55-70H,8-21H2,1-6H3/t23-,24-,25+,26+,27+,28+,29+,30+,31+,32-,33+,34-,35-,36-,37+,38+,39+,40+,41+,42+,43-,44-,45-,46-,47-,50-,51-,52+,53+,54-/m0/s1. The van der Waals surface area contributed by atoms with Crippen molar-refractivity contribution in [1.29, 1.82) is 0 Å². The van der Waals surface area contributed by atoms with Gasteiger partial charge >= 0.3 is 5.97 Å². The van der Waals surface area contributed by atoms with Crippen LogP contribution in [0.1, 0.15) is 99.3 Å². The highest BCUT2D eigenvalue weighted by atomic mass is 16.8. The third-order valence-electron chi connectivity index (χ3n) is 21.5. The second kappa shape index (κ2) is 22.6. The van der Waals surface area contributed by atoms with E-state index in [1.807, 2.05) is 0 Å². The number of allylic oxidation sites excluding steroid dienone is 2. The van der Waals surface area contributed by atoms with E-state index >= 15 is 0 Å². The van der Waals surface area contributed by atoms with Crippen LogP contribution in [-0.4, -0.2) is 256 Å². The molecular formula is C54H88O25. The molecule has 0 aromatic rings. The van der Waals surface area contributed by atoms with Gasteiger partial charge in [0.05, 0.1) is 50.7 Å². The Kier molecular flexibility index (Phi) is 17.7. The van der Waals surface area contributed by atoms with Crippen molar-refractivity contribution in [3.8, 4) is 0 Å². The van der Waals surface area contributed by atoms with Gasteiger partial charge in [0.2, 0.25) is 6.29 Å². The van der Waals surface area contributed by atoms with E-state index in [1.165, 1.54) is 0 Å². The minimum absolute atomic E-state index is 0.0916. The molecule has 0 aromatic carbocycles. The van der Waals surface area contributed by atoms with Crippen molar-refractivity contribution < 1.29 is 124 Å². The maximum absolute atomic E-state index is 14.8. The summed E-state index contributed by atoms with van der Waals surface area (Å²) in [5, 5.41) is 173. The van der Waals surface area contributed by atoms with Crippen molar-refractivity contribution in [3.63, 3.8) is 0 Å². The Morgan fingerprint density at radius 1 is 0.532 bits per heavy atom. The monoisotopic (exact) mass is 1140 g/mol. The van der Waals surface area contributed by atoms with Gasteiger partial charge in [-0.05, 0) is 97.2 Å². The second-order valence-electron chi connectivity index (χ2n) is 26.3. The quantitative estimate of drug-likeness (QED) is 0.0474. The Morgan fingerprint density at radius 3 is 1.54 bits per heavy atom. The Morgan fingerprint density at radius 2 is 1.01 bits per heavy atom. The molecule has 25 nitrogen and oxygen atoms in total. The van der Waals surface area contributed by atoms with Crippen LogP contribution in [0.5, 0.6) is 0 Å². The molecule has 0 unspecified atom stereocenters. The zero-order chi connectivity index (χ0) is 57.9. The van der Waals surface area contributed by atoms with E-state index in [-0.39, 0.29) is 29.6 Å². The van der Waals surface area contributed by atoms with Gasteiger partial charge in [-0.1, -0.05) is 53.2 Å². The Hall–Kier alpha value is -1.71. The number of carbonyl (C=O) groups excluding carboxylic acids is 1. The molecule has 0 spiro atoms. The molecule has 4 aliphatic heterocycles. The number of carbonyl (C=O) groups is 1. The number of fused-ring (bicyclic) bond motifs is 7. The van der Waals surface area contributed by atoms with Crippen molar-refractivity contribution in [3.05, 3.63) is 11.6 Å². The molecule has 4 saturated carbocycles. The van der Waals surface area contributed by atoms with E-state index in [4.69, 9.17) is 37.9 Å². The summed E-state index contributed by atoms with van der Waals surface area (Å²) in [6.07, 6.45) is -30.8. The maximum Gasteiger partial charge on any atom is 0.315 e. The molecule has 0 radical (unpaired) electrons. The first-order chi connectivity index (χ1) is 37.1. The predicted octanol–water partition coefficient (Wildman–Crippen LogP) is -4.09. The normalized spacial score (nSPS) is 54.6. The van der Waals surface area contributed by atoms with E-state index in [9.17, 15) is 86.5 Å². The highest BCUT2D eigenvalue weighted by molar-refractivity contribution is 5.79. The van der Waals surface area contributed by atoms with Crippen LogP contribution in [0, 0.1) is 50.2 Å². The fourth-order valence-corrected chi connectivity index (χ4v) is 16.7. The van der Waals surface area contributed by atoms with E-state index in [2.05, 4.69) is 40.7 Å². The lowest BCUT2D eigenvalue weighted by Crippen LogP contribution is -2.70. The number of aliphatic hydroxyl groups excluding tert-OH is 16. The molecule has 16 N–H and O–H groups in total. The summed E-state index contributed by atoms with van der Waals surface area (Å²) in [5.41, 5.74) is -2.88. The first-order valence-corrected chi connectivity index (χ1v) is 28.1. The largest absolute Gasteiger partial charge is 0.432 e. The number of hydrogen-bond acceptors (Lipinski definition) is 25. The van der Waals surface area contributed by atoms with Crippen LogP contribution < -0.4 is 0 Å². The van der Waals surface area contributed by atoms with Crippen molar-refractivity contribution >= 4 is 5.97 Å². The van der Waals surface area contributed by atoms with Gasteiger partial charge in [-0.25, -0.2) is 0 Å². The highest BCUT2D eigenvalue weighted by Gasteiger charge is 2.72. The van der Waals surface area contributed by atoms with E-state index < -0.39 is 201 Å². The van der Waals surface area contributed by atoms with E-state index in [0.29, 0.717) is 51.4 Å². The summed E-state index contributed by atoms with van der Waals surface area (Å²) < 4.78 is 47.8. The lowest BCUT2D eigenvalue weighted by molar-refractivity contribution is -0.397. The lowest BCUT2D eigenvalue weighted by Gasteiger charge is -2.72. The molecule has 25 heteroatoms. The summed E-state index contributed by atoms with van der Waals surface area (Å²) in [4.78, 5) is 14.8. The highest BCUT2D eigenvalue weighted by Crippen LogP contribution is 2.76. The fourth-order valence-electron chi connectivity index (χ4n) is 16.7. The van der Waals surface area contributed by atoms with Gasteiger partial charge in [0.1, 0.15) is 97.7 Å². The number of aliphatic hydroxyl groups is 16. The van der Waals surface area contributed by atoms with Crippen molar-refractivity contribution in [2.75, 3.05) is 33.0 Å². The first-order valence-electron chi connectivity index (χ1n) is 28.1. The van der Waals surface area contributed by atoms with E-state index in [0.717, 1.165) is 5.57 Å². The Labute approximate surface area is 458 Å². The minimum atomic E-state index is -2.03. The number of esters is 1. The fraction of sp³-hybridized carbons (Fsp3) is 0.944. The Balaban J connectivity index is 0.993. The first kappa shape index (κ1) is 61.8. The zero-order valence-electron chi connectivity index (χ0n) is 45.7. The smallest absolute Gasteiger partial charge is 0.315 e. The SMILES string of the molecule is CC1(C)CC[C@]2(C(=O)O[C@@H]3O[C@H](CO)[C@@H](O)[C@H](O)[C@H]3O)CC[C@]3(C)C(=CC[C@@H]4[C@@]5(C)C[C@H](O)[C@H](O[C@@H]6O[C@H](CO)[C@@H](O[C@@H]7O[C@H](CO)[C@@H](O)[C@H](O)[C@H]7O)[C@H](O[C@@H]7O[C@H](CO)[C@H](O)[C@H](O)[C@H]7O)[C@H]6O)[C@@](C)(CO)[C@@H]5CC[C@]43C)[C@@H]2C1. The topological polar surface area (TPSA) is 415 Å². The molecular weight excluding hydrogens is 1050 g/mol. The maximum atomic E-state index is 14.8. The van der Waals surface area contributed by atoms with Crippen LogP contribution in [0.2, 0.25) is 0 Å². The van der Waals surface area contributed by atoms with Gasteiger partial charge < -0.3 is 120 Å². The summed E-state index contributed by atoms with van der Waals surface area (Å²) in [6.45, 7) is 9.03. The molecule has 4 saturated heterocycles. The molecule has 0 amide bonds. The third-order valence-corrected chi connectivity index (χ3v) is 21.5. The molecule has 4 heterocycles. The van der Waals surface area contributed by atoms with Gasteiger partial charge in [-0.2, -0.15) is 0 Å². The number of hydrogen-bond donors (Lipinski definition) is 16. The molecule has 9 rings (SSSR count). The number of rotatable bonds is 13. The molecule has 5 aliphatic carbocycles. The van der Waals surface area contributed by atoms with Crippen LogP contribution in [0.4, 0.5) is 0 Å². The molecule has 454 valence electrons. The molecule has 30 atom stereocenters. The van der Waals surface area contributed by atoms with Crippen molar-refractivity contribution in [2.24, 2.45) is 50.2 Å². The average molecular weight is 1140 g/mol. The molecule has 0 aromatic heterocycles. The predicted molar refractivity (Wildman–Crippen MR) is 266 cm³/mol. The summed E-state index contributed by atoms with van der Waals surface area (Å²) in [7, 11) is 0. The Bertz CT molecular complexity index is 2170. The van der Waals surface area contributed by atoms with Crippen LogP contribution in [0.15, 0.2) is 11.6 Å². The molecule has 8 fully saturated rings. The van der Waals surface area contributed by atoms with Gasteiger partial charge in [0.25, 0.3) is 0 Å². The van der Waals surface area contributed by atoms with Crippen LogP contribution in [0.3, 0.4) is 0 Å². The third kappa shape index (κ3) is 9.99.